The minimum atomic E-state index is -4.74. The summed E-state index contributed by atoms with van der Waals surface area (Å²) in [7, 11) is 0. The van der Waals surface area contributed by atoms with Gasteiger partial charge in [0.2, 0.25) is 0 Å². The van der Waals surface area contributed by atoms with Crippen LogP contribution in [0.15, 0.2) is 65.6 Å². The summed E-state index contributed by atoms with van der Waals surface area (Å²) in [5.74, 6) is 0.345. The molecule has 0 saturated carbocycles. The van der Waals surface area contributed by atoms with Crippen molar-refractivity contribution in [2.75, 3.05) is 13.1 Å². The first-order valence-corrected chi connectivity index (χ1v) is 10.6. The third-order valence-electron chi connectivity index (χ3n) is 6.19. The second kappa shape index (κ2) is 8.09. The molecular formula is C24H22F3N3O2. The van der Waals surface area contributed by atoms with Crippen molar-refractivity contribution >= 4 is 0 Å². The zero-order chi connectivity index (χ0) is 22.3. The van der Waals surface area contributed by atoms with E-state index in [1.165, 1.54) is 24.3 Å². The van der Waals surface area contributed by atoms with Gasteiger partial charge in [0.1, 0.15) is 5.75 Å². The number of piperidine rings is 1. The first kappa shape index (κ1) is 20.8. The topological polar surface area (TPSA) is 47.4 Å². The SMILES string of the molecule is O=c1c(-c2ccc(OC(F)(F)F)cc2)ccc2n1C[C@H]1C[C@@H]2CN(Cc2ccccn2)C1. The van der Waals surface area contributed by atoms with Crippen LogP contribution in [0, 0.1) is 5.92 Å². The Morgan fingerprint density at radius 1 is 1.00 bits per heavy atom. The molecule has 1 fully saturated rings. The fraction of sp³-hybridized carbons (Fsp3) is 0.333. The van der Waals surface area contributed by atoms with Crippen LogP contribution in [0.3, 0.4) is 0 Å². The van der Waals surface area contributed by atoms with Crippen LogP contribution >= 0.6 is 0 Å². The number of nitrogens with zero attached hydrogens (tertiary/aromatic N) is 3. The van der Waals surface area contributed by atoms with Crippen LogP contribution in [0.4, 0.5) is 13.2 Å². The van der Waals surface area contributed by atoms with Crippen molar-refractivity contribution < 1.29 is 17.9 Å². The maximum absolute atomic E-state index is 13.3. The van der Waals surface area contributed by atoms with Gasteiger partial charge in [-0.1, -0.05) is 18.2 Å². The average molecular weight is 441 g/mol. The van der Waals surface area contributed by atoms with E-state index in [0.29, 0.717) is 23.6 Å². The van der Waals surface area contributed by atoms with Crippen molar-refractivity contribution in [3.05, 3.63) is 82.5 Å². The summed E-state index contributed by atoms with van der Waals surface area (Å²) in [6.45, 7) is 3.22. The van der Waals surface area contributed by atoms with E-state index in [1.807, 2.05) is 28.8 Å². The van der Waals surface area contributed by atoms with Crippen molar-refractivity contribution in [3.8, 4) is 16.9 Å². The molecule has 0 N–H and O–H groups in total. The Kier molecular flexibility index (Phi) is 5.25. The summed E-state index contributed by atoms with van der Waals surface area (Å²) >= 11 is 0. The number of hydrogen-bond donors (Lipinski definition) is 0. The molecule has 166 valence electrons. The van der Waals surface area contributed by atoms with Gasteiger partial charge in [-0.2, -0.15) is 0 Å². The van der Waals surface area contributed by atoms with Crippen LogP contribution in [0.2, 0.25) is 0 Å². The van der Waals surface area contributed by atoms with Gasteiger partial charge in [-0.15, -0.1) is 13.2 Å². The Hall–Kier alpha value is -3.13. The first-order chi connectivity index (χ1) is 15.4. The number of pyridine rings is 2. The van der Waals surface area contributed by atoms with E-state index in [1.54, 1.807) is 12.3 Å². The maximum atomic E-state index is 13.3. The first-order valence-electron chi connectivity index (χ1n) is 10.6. The number of fused-ring (bicyclic) bond motifs is 4. The molecule has 1 saturated heterocycles. The number of hydrogen-bond acceptors (Lipinski definition) is 4. The van der Waals surface area contributed by atoms with E-state index in [9.17, 15) is 18.0 Å². The monoisotopic (exact) mass is 441 g/mol. The molecule has 5 nitrogen and oxygen atoms in total. The minimum Gasteiger partial charge on any atom is -0.406 e. The Morgan fingerprint density at radius 2 is 1.81 bits per heavy atom. The highest BCUT2D eigenvalue weighted by Gasteiger charge is 2.35. The maximum Gasteiger partial charge on any atom is 0.573 e. The van der Waals surface area contributed by atoms with E-state index >= 15 is 0 Å². The fourth-order valence-electron chi connectivity index (χ4n) is 4.95. The van der Waals surface area contributed by atoms with Crippen molar-refractivity contribution in [1.29, 1.82) is 0 Å². The highest BCUT2D eigenvalue weighted by molar-refractivity contribution is 5.63. The number of rotatable bonds is 4. The number of ether oxygens (including phenoxy) is 1. The van der Waals surface area contributed by atoms with Crippen molar-refractivity contribution in [1.82, 2.24) is 14.5 Å². The van der Waals surface area contributed by atoms with Crippen LogP contribution in [0.1, 0.15) is 23.7 Å². The van der Waals surface area contributed by atoms with Gasteiger partial charge in [0.15, 0.2) is 0 Å². The molecule has 5 rings (SSSR count). The third kappa shape index (κ3) is 4.27. The smallest absolute Gasteiger partial charge is 0.406 e. The molecule has 1 aromatic carbocycles. The third-order valence-corrected chi connectivity index (χ3v) is 6.19. The highest BCUT2D eigenvalue weighted by Crippen LogP contribution is 2.36. The lowest BCUT2D eigenvalue weighted by Gasteiger charge is -2.42. The summed E-state index contributed by atoms with van der Waals surface area (Å²) < 4.78 is 43.0. The van der Waals surface area contributed by atoms with Gasteiger partial charge >= 0.3 is 6.36 Å². The Balaban J connectivity index is 1.38. The van der Waals surface area contributed by atoms with Crippen LogP contribution in [-0.4, -0.2) is 33.9 Å². The number of alkyl halides is 3. The number of likely N-dealkylation sites (tertiary alicyclic amines) is 1. The zero-order valence-electron chi connectivity index (χ0n) is 17.3. The standard InChI is InChI=1S/C24H22F3N3O2/c25-24(26,27)32-20-6-4-17(5-7-20)21-8-9-22-18-11-16(13-30(22)23(21)31)12-29(14-18)15-19-3-1-2-10-28-19/h1-10,16,18H,11-15H2/t16-,18+/m0/s1. The summed E-state index contributed by atoms with van der Waals surface area (Å²) in [6.07, 6.45) is -1.88. The fourth-order valence-corrected chi connectivity index (χ4v) is 4.95. The van der Waals surface area contributed by atoms with E-state index in [2.05, 4.69) is 14.6 Å². The molecule has 2 aromatic heterocycles. The molecule has 2 atom stereocenters. The molecule has 0 radical (unpaired) electrons. The van der Waals surface area contributed by atoms with Crippen LogP contribution in [-0.2, 0) is 13.1 Å². The number of aromatic nitrogens is 2. The predicted molar refractivity (Wildman–Crippen MR) is 113 cm³/mol. The van der Waals surface area contributed by atoms with E-state index < -0.39 is 6.36 Å². The highest BCUT2D eigenvalue weighted by atomic mass is 19.4. The molecule has 8 heteroatoms. The van der Waals surface area contributed by atoms with Crippen LogP contribution in [0.25, 0.3) is 11.1 Å². The second-order valence-electron chi connectivity index (χ2n) is 8.47. The number of benzene rings is 1. The Morgan fingerprint density at radius 3 is 2.53 bits per heavy atom. The van der Waals surface area contributed by atoms with Crippen molar-refractivity contribution in [2.45, 2.75) is 31.8 Å². The Labute approximate surface area is 183 Å². The van der Waals surface area contributed by atoms with Gasteiger partial charge in [-0.25, -0.2) is 0 Å². The van der Waals surface area contributed by atoms with Gasteiger partial charge in [0.05, 0.1) is 5.69 Å². The van der Waals surface area contributed by atoms with Crippen LogP contribution in [0.5, 0.6) is 5.75 Å². The molecule has 32 heavy (non-hydrogen) atoms. The minimum absolute atomic E-state index is 0.0973. The second-order valence-corrected chi connectivity index (χ2v) is 8.47. The largest absolute Gasteiger partial charge is 0.573 e. The average Bonchev–Trinajstić information content (AvgIpc) is 2.75. The van der Waals surface area contributed by atoms with Gasteiger partial charge in [-0.3, -0.25) is 14.7 Å². The molecule has 4 heterocycles. The summed E-state index contributed by atoms with van der Waals surface area (Å²) in [5, 5.41) is 0. The molecule has 0 spiro atoms. The van der Waals surface area contributed by atoms with E-state index in [0.717, 1.165) is 37.4 Å². The molecule has 2 aliphatic rings. The molecule has 2 bridgehead atoms. The van der Waals surface area contributed by atoms with E-state index in [4.69, 9.17) is 0 Å². The molecule has 0 unspecified atom stereocenters. The van der Waals surface area contributed by atoms with Crippen molar-refractivity contribution in [3.63, 3.8) is 0 Å². The van der Waals surface area contributed by atoms with Gasteiger partial charge in [-0.05, 0) is 54.3 Å². The zero-order valence-corrected chi connectivity index (χ0v) is 17.3. The van der Waals surface area contributed by atoms with Gasteiger partial charge in [0.25, 0.3) is 5.56 Å². The quantitative estimate of drug-likeness (QED) is 0.601. The molecule has 3 aromatic rings. The van der Waals surface area contributed by atoms with Crippen molar-refractivity contribution in [2.24, 2.45) is 5.92 Å². The normalized spacial score (nSPS) is 20.6. The summed E-state index contributed by atoms with van der Waals surface area (Å²) in [4.78, 5) is 20.1. The summed E-state index contributed by atoms with van der Waals surface area (Å²) in [5.41, 5.74) is 3.03. The van der Waals surface area contributed by atoms with Gasteiger partial charge in [0, 0.05) is 49.6 Å². The summed E-state index contributed by atoms with van der Waals surface area (Å²) in [6, 6.07) is 15.1. The lowest BCUT2D eigenvalue weighted by atomic mass is 9.82. The molecule has 2 aliphatic heterocycles. The predicted octanol–water partition coefficient (Wildman–Crippen LogP) is 4.43. The molecule has 0 aliphatic carbocycles. The lowest BCUT2D eigenvalue weighted by molar-refractivity contribution is -0.274. The molecule has 0 amide bonds. The molecular weight excluding hydrogens is 419 g/mol. The lowest BCUT2D eigenvalue weighted by Crippen LogP contribution is -2.47. The Bertz CT molecular complexity index is 1160. The number of halogens is 3. The van der Waals surface area contributed by atoms with Gasteiger partial charge < -0.3 is 9.30 Å². The van der Waals surface area contributed by atoms with Crippen LogP contribution < -0.4 is 10.3 Å². The van der Waals surface area contributed by atoms with E-state index in [-0.39, 0.29) is 17.2 Å².